The van der Waals surface area contributed by atoms with Gasteiger partial charge in [-0.15, -0.1) is 0 Å². The van der Waals surface area contributed by atoms with Crippen molar-refractivity contribution in [3.63, 3.8) is 0 Å². The Labute approximate surface area is 89.8 Å². The van der Waals surface area contributed by atoms with Gasteiger partial charge in [-0.2, -0.15) is 13.2 Å². The third-order valence-corrected chi connectivity index (χ3v) is 1.60. The molecule has 0 fully saturated rings. The Bertz CT molecular complexity index is 283. The van der Waals surface area contributed by atoms with Gasteiger partial charge in [0.2, 0.25) is 11.6 Å². The van der Waals surface area contributed by atoms with Crippen molar-refractivity contribution in [3.8, 4) is 0 Å². The van der Waals surface area contributed by atoms with E-state index < -0.39 is 30.1 Å². The first kappa shape index (κ1) is 14.6. The number of carbonyl (C=O) groups excluding carboxylic acids is 3. The maximum Gasteiger partial charge on any atom is 0.450 e. The lowest BCUT2D eigenvalue weighted by Gasteiger charge is -2.04. The Morgan fingerprint density at radius 1 is 1.19 bits per heavy atom. The molecule has 0 rings (SSSR count). The molecule has 0 aliphatic heterocycles. The summed E-state index contributed by atoms with van der Waals surface area (Å²) in [5, 5.41) is 0. The molecule has 0 spiro atoms. The number of ether oxygens (including phenoxy) is 1. The number of Topliss-reactive ketones (excluding diaryl/α,β-unsaturated/α-hetero) is 2. The first-order chi connectivity index (χ1) is 7.29. The van der Waals surface area contributed by atoms with E-state index in [9.17, 15) is 27.6 Å². The number of hydrogen-bond acceptors (Lipinski definition) is 4. The Hall–Kier alpha value is -1.40. The van der Waals surface area contributed by atoms with Crippen molar-refractivity contribution in [2.24, 2.45) is 0 Å². The monoisotopic (exact) mass is 240 g/mol. The molecule has 7 heteroatoms. The van der Waals surface area contributed by atoms with Gasteiger partial charge in [-0.3, -0.25) is 9.59 Å². The minimum absolute atomic E-state index is 0.0404. The summed E-state index contributed by atoms with van der Waals surface area (Å²) in [7, 11) is 0. The molecule has 0 aromatic heterocycles. The molecule has 0 bridgehead atoms. The van der Waals surface area contributed by atoms with E-state index in [0.29, 0.717) is 12.8 Å². The predicted octanol–water partition coefficient (Wildman–Crippen LogP) is 1.42. The fourth-order valence-corrected chi connectivity index (χ4v) is 0.708. The molecule has 0 amide bonds. The van der Waals surface area contributed by atoms with Crippen LogP contribution in [0.3, 0.4) is 0 Å². The number of ketones is 2. The molecule has 0 aromatic carbocycles. The second kappa shape index (κ2) is 6.24. The average molecular weight is 240 g/mol. The Morgan fingerprint density at radius 2 is 1.75 bits per heavy atom. The number of halogens is 3. The van der Waals surface area contributed by atoms with Crippen LogP contribution in [-0.4, -0.2) is 30.3 Å². The molecule has 92 valence electrons. The fourth-order valence-electron chi connectivity index (χ4n) is 0.708. The number of rotatable bonds is 6. The van der Waals surface area contributed by atoms with Crippen molar-refractivity contribution in [2.45, 2.75) is 32.4 Å². The van der Waals surface area contributed by atoms with Crippen molar-refractivity contribution in [3.05, 3.63) is 0 Å². The van der Waals surface area contributed by atoms with Crippen molar-refractivity contribution in [1.29, 1.82) is 0 Å². The summed E-state index contributed by atoms with van der Waals surface area (Å²) < 4.78 is 39.5. The molecule has 0 unspecified atom stereocenters. The predicted molar refractivity (Wildman–Crippen MR) is 46.6 cm³/mol. The van der Waals surface area contributed by atoms with Crippen LogP contribution in [0.5, 0.6) is 0 Å². The standard InChI is InChI=1S/C9H11F3O4/c1-2-3-4-16-8(15)6(13)5-7(14)9(10,11)12/h2-5H2,1H3. The van der Waals surface area contributed by atoms with Gasteiger partial charge in [-0.1, -0.05) is 13.3 Å². The Kier molecular flexibility index (Phi) is 5.69. The number of alkyl halides is 3. The Morgan fingerprint density at radius 3 is 2.19 bits per heavy atom. The summed E-state index contributed by atoms with van der Waals surface area (Å²) in [6.45, 7) is 1.77. The molecule has 0 saturated carbocycles. The quantitative estimate of drug-likeness (QED) is 0.305. The van der Waals surface area contributed by atoms with E-state index in [-0.39, 0.29) is 6.61 Å². The third-order valence-electron chi connectivity index (χ3n) is 1.60. The maximum absolute atomic E-state index is 11.7. The normalized spacial score (nSPS) is 11.0. The van der Waals surface area contributed by atoms with E-state index in [4.69, 9.17) is 0 Å². The van der Waals surface area contributed by atoms with Crippen LogP contribution >= 0.6 is 0 Å². The molecular weight excluding hydrogens is 229 g/mol. The zero-order valence-corrected chi connectivity index (χ0v) is 8.60. The van der Waals surface area contributed by atoms with Gasteiger partial charge < -0.3 is 4.74 Å². The van der Waals surface area contributed by atoms with E-state index >= 15 is 0 Å². The van der Waals surface area contributed by atoms with Gasteiger partial charge >= 0.3 is 12.1 Å². The molecule has 16 heavy (non-hydrogen) atoms. The highest BCUT2D eigenvalue weighted by Crippen LogP contribution is 2.17. The third kappa shape index (κ3) is 5.47. The highest BCUT2D eigenvalue weighted by atomic mass is 19.4. The second-order valence-electron chi connectivity index (χ2n) is 3.01. The maximum atomic E-state index is 11.7. The zero-order chi connectivity index (χ0) is 12.8. The molecule has 0 N–H and O–H groups in total. The van der Waals surface area contributed by atoms with Gasteiger partial charge in [0.1, 0.15) is 0 Å². The highest BCUT2D eigenvalue weighted by Gasteiger charge is 2.40. The second-order valence-corrected chi connectivity index (χ2v) is 3.01. The summed E-state index contributed by atoms with van der Waals surface area (Å²) >= 11 is 0. The van der Waals surface area contributed by atoms with Gasteiger partial charge in [0.15, 0.2) is 0 Å². The topological polar surface area (TPSA) is 60.4 Å². The highest BCUT2D eigenvalue weighted by molar-refractivity contribution is 6.37. The van der Waals surface area contributed by atoms with E-state index in [1.807, 2.05) is 6.92 Å². The zero-order valence-electron chi connectivity index (χ0n) is 8.60. The van der Waals surface area contributed by atoms with E-state index in [1.165, 1.54) is 0 Å². The lowest BCUT2D eigenvalue weighted by Crippen LogP contribution is -2.29. The molecule has 0 radical (unpaired) electrons. The average Bonchev–Trinajstić information content (AvgIpc) is 2.16. The van der Waals surface area contributed by atoms with Crippen LogP contribution in [0.4, 0.5) is 13.2 Å². The molecular formula is C9H11F3O4. The Balaban J connectivity index is 4.07. The van der Waals surface area contributed by atoms with E-state index in [0.717, 1.165) is 0 Å². The van der Waals surface area contributed by atoms with Crippen LogP contribution in [0.15, 0.2) is 0 Å². The SMILES string of the molecule is CCCCOC(=O)C(=O)CC(=O)C(F)(F)F. The molecule has 0 aliphatic carbocycles. The summed E-state index contributed by atoms with van der Waals surface area (Å²) in [4.78, 5) is 31.9. The van der Waals surface area contributed by atoms with Crippen molar-refractivity contribution >= 4 is 17.5 Å². The number of hydrogen-bond donors (Lipinski definition) is 0. The summed E-state index contributed by atoms with van der Waals surface area (Å²) in [5.74, 6) is -5.12. The molecule has 0 saturated heterocycles. The number of unbranched alkanes of at least 4 members (excludes halogenated alkanes) is 1. The first-order valence-electron chi connectivity index (χ1n) is 4.59. The van der Waals surface area contributed by atoms with Crippen molar-refractivity contribution in [1.82, 2.24) is 0 Å². The molecule has 0 atom stereocenters. The molecule has 0 aromatic rings. The van der Waals surface area contributed by atoms with Gasteiger partial charge in [0.05, 0.1) is 13.0 Å². The molecule has 4 nitrogen and oxygen atoms in total. The van der Waals surface area contributed by atoms with E-state index in [1.54, 1.807) is 0 Å². The lowest BCUT2D eigenvalue weighted by atomic mass is 10.2. The largest absolute Gasteiger partial charge is 0.460 e. The minimum atomic E-state index is -5.10. The van der Waals surface area contributed by atoms with Gasteiger partial charge in [-0.25, -0.2) is 4.79 Å². The van der Waals surface area contributed by atoms with Crippen molar-refractivity contribution < 1.29 is 32.3 Å². The summed E-state index contributed by atoms with van der Waals surface area (Å²) in [6.07, 6.45) is -5.37. The van der Waals surface area contributed by atoms with Crippen LogP contribution in [0, 0.1) is 0 Å². The summed E-state index contributed by atoms with van der Waals surface area (Å²) in [6, 6.07) is 0. The smallest absolute Gasteiger partial charge is 0.450 e. The van der Waals surface area contributed by atoms with Gasteiger partial charge in [-0.05, 0) is 6.42 Å². The lowest BCUT2D eigenvalue weighted by molar-refractivity contribution is -0.173. The van der Waals surface area contributed by atoms with Crippen LogP contribution in [0.25, 0.3) is 0 Å². The van der Waals surface area contributed by atoms with Gasteiger partial charge in [0.25, 0.3) is 0 Å². The van der Waals surface area contributed by atoms with Crippen LogP contribution in [-0.2, 0) is 19.1 Å². The van der Waals surface area contributed by atoms with Crippen molar-refractivity contribution in [2.75, 3.05) is 6.61 Å². The summed E-state index contributed by atoms with van der Waals surface area (Å²) in [5.41, 5.74) is 0. The van der Waals surface area contributed by atoms with Crippen LogP contribution in [0.2, 0.25) is 0 Å². The first-order valence-corrected chi connectivity index (χ1v) is 4.59. The van der Waals surface area contributed by atoms with E-state index in [2.05, 4.69) is 4.74 Å². The fraction of sp³-hybridized carbons (Fsp3) is 0.667. The number of esters is 1. The molecule has 0 heterocycles. The number of carbonyl (C=O) groups is 3. The van der Waals surface area contributed by atoms with Gasteiger partial charge in [0, 0.05) is 0 Å². The molecule has 0 aliphatic rings. The van der Waals surface area contributed by atoms with Crippen LogP contribution in [0.1, 0.15) is 26.2 Å². The minimum Gasteiger partial charge on any atom is -0.460 e. The van der Waals surface area contributed by atoms with Crippen LogP contribution < -0.4 is 0 Å².